The van der Waals surface area contributed by atoms with Crippen molar-refractivity contribution in [1.29, 1.82) is 0 Å². The van der Waals surface area contributed by atoms with Gasteiger partial charge in [0, 0.05) is 19.6 Å². The Balaban J connectivity index is 1.86. The number of carbonyl (C=O) groups excluding carboxylic acids is 1. The van der Waals surface area contributed by atoms with Crippen LogP contribution in [0.5, 0.6) is 0 Å². The fraction of sp³-hybridized carbons (Fsp3) is 0.600. The predicted octanol–water partition coefficient (Wildman–Crippen LogP) is -0.476. The number of carboxylic acid groups (broad SMARTS) is 1. The van der Waals surface area contributed by atoms with E-state index in [4.69, 9.17) is 5.11 Å². The summed E-state index contributed by atoms with van der Waals surface area (Å²) in [5.41, 5.74) is 0. The topological polar surface area (TPSA) is 100 Å². The summed E-state index contributed by atoms with van der Waals surface area (Å²) in [4.78, 5) is 24.0. The summed E-state index contributed by atoms with van der Waals surface area (Å²) >= 11 is 0. The number of fused-ring (bicyclic) bond motifs is 1. The molecule has 2 amide bonds. The largest absolute Gasteiger partial charge is 0.481 e. The van der Waals surface area contributed by atoms with Crippen LogP contribution in [0.2, 0.25) is 0 Å². The van der Waals surface area contributed by atoms with E-state index in [1.54, 1.807) is 18.2 Å². The van der Waals surface area contributed by atoms with E-state index in [2.05, 4.69) is 15.5 Å². The van der Waals surface area contributed by atoms with Gasteiger partial charge in [-0.15, -0.1) is 10.2 Å². The molecule has 2 rings (SSSR count). The molecule has 0 saturated carbocycles. The number of carboxylic acids is 1. The maximum absolute atomic E-state index is 11.8. The Hall–Kier alpha value is -2.12. The number of rotatable bonds is 3. The van der Waals surface area contributed by atoms with E-state index in [9.17, 15) is 9.59 Å². The molecule has 0 spiro atoms. The van der Waals surface area contributed by atoms with Crippen molar-refractivity contribution in [3.8, 4) is 0 Å². The number of hydrogen-bond acceptors (Lipinski definition) is 4. The van der Waals surface area contributed by atoms with Crippen molar-refractivity contribution in [3.05, 3.63) is 12.2 Å². The Kier molecular flexibility index (Phi) is 3.45. The number of urea groups is 1. The molecule has 1 aliphatic rings. The van der Waals surface area contributed by atoms with Gasteiger partial charge in [-0.3, -0.25) is 4.79 Å². The molecule has 2 N–H and O–H groups in total. The summed E-state index contributed by atoms with van der Waals surface area (Å²) in [5.74, 6) is -0.779. The summed E-state index contributed by atoms with van der Waals surface area (Å²) in [5, 5.41) is 19.0. The molecule has 8 nitrogen and oxygen atoms in total. The third-order valence-electron chi connectivity index (χ3n) is 2.91. The van der Waals surface area contributed by atoms with E-state index in [0.29, 0.717) is 19.6 Å². The van der Waals surface area contributed by atoms with Gasteiger partial charge in [-0.25, -0.2) is 4.79 Å². The molecular formula is C10H15N5O3. The lowest BCUT2D eigenvalue weighted by molar-refractivity contribution is -0.140. The van der Waals surface area contributed by atoms with Crippen LogP contribution in [0.25, 0.3) is 0 Å². The minimum Gasteiger partial charge on any atom is -0.481 e. The van der Waals surface area contributed by atoms with Gasteiger partial charge in [-0.05, 0) is 0 Å². The second kappa shape index (κ2) is 5.03. The van der Waals surface area contributed by atoms with Crippen LogP contribution in [0.15, 0.2) is 6.33 Å². The van der Waals surface area contributed by atoms with E-state index in [1.165, 1.54) is 0 Å². The second-order valence-electron chi connectivity index (χ2n) is 4.29. The highest BCUT2D eigenvalue weighted by molar-refractivity contribution is 5.75. The standard InChI is InChI=1S/C10H15N5O3/c1-7(9(16)17)4-11-10(18)14-2-3-15-6-12-13-8(15)5-14/h6-7H,2-5H2,1H3,(H,11,18)(H,16,17). The number of aliphatic carboxylic acids is 1. The predicted molar refractivity (Wildman–Crippen MR) is 60.6 cm³/mol. The zero-order valence-electron chi connectivity index (χ0n) is 10.0. The zero-order valence-corrected chi connectivity index (χ0v) is 10.0. The molecule has 1 aromatic rings. The normalized spacial score (nSPS) is 15.9. The minimum absolute atomic E-state index is 0.122. The third-order valence-corrected chi connectivity index (χ3v) is 2.91. The number of carbonyl (C=O) groups is 2. The van der Waals surface area contributed by atoms with Crippen molar-refractivity contribution >= 4 is 12.0 Å². The molecule has 0 aromatic carbocycles. The Morgan fingerprint density at radius 3 is 3.06 bits per heavy atom. The van der Waals surface area contributed by atoms with Crippen LogP contribution in [0.1, 0.15) is 12.7 Å². The van der Waals surface area contributed by atoms with Gasteiger partial charge in [0.1, 0.15) is 6.33 Å². The highest BCUT2D eigenvalue weighted by atomic mass is 16.4. The average Bonchev–Trinajstić information content (AvgIpc) is 2.82. The maximum Gasteiger partial charge on any atom is 0.317 e. The first-order valence-electron chi connectivity index (χ1n) is 5.70. The zero-order chi connectivity index (χ0) is 13.1. The highest BCUT2D eigenvalue weighted by Crippen LogP contribution is 2.08. The Morgan fingerprint density at radius 2 is 2.33 bits per heavy atom. The summed E-state index contributed by atoms with van der Waals surface area (Å²) < 4.78 is 1.89. The van der Waals surface area contributed by atoms with Crippen LogP contribution in [-0.2, 0) is 17.9 Å². The molecule has 1 aliphatic heterocycles. The van der Waals surface area contributed by atoms with Crippen molar-refractivity contribution < 1.29 is 14.7 Å². The second-order valence-corrected chi connectivity index (χ2v) is 4.29. The molecule has 1 aromatic heterocycles. The smallest absolute Gasteiger partial charge is 0.317 e. The molecule has 0 radical (unpaired) electrons. The molecule has 1 atom stereocenters. The van der Waals surface area contributed by atoms with Crippen LogP contribution in [0.4, 0.5) is 4.79 Å². The fourth-order valence-corrected chi connectivity index (χ4v) is 1.68. The SMILES string of the molecule is CC(CNC(=O)N1CCn2cnnc2C1)C(=O)O. The summed E-state index contributed by atoms with van der Waals surface area (Å²) in [7, 11) is 0. The first kappa shape index (κ1) is 12.3. The van der Waals surface area contributed by atoms with E-state index in [1.807, 2.05) is 4.57 Å². The van der Waals surface area contributed by atoms with Gasteiger partial charge < -0.3 is 19.9 Å². The first-order valence-corrected chi connectivity index (χ1v) is 5.70. The molecular weight excluding hydrogens is 238 g/mol. The molecule has 1 unspecified atom stereocenters. The maximum atomic E-state index is 11.8. The van der Waals surface area contributed by atoms with Gasteiger partial charge in [0.15, 0.2) is 5.82 Å². The van der Waals surface area contributed by atoms with Crippen molar-refractivity contribution in [3.63, 3.8) is 0 Å². The molecule has 98 valence electrons. The third kappa shape index (κ3) is 2.58. The van der Waals surface area contributed by atoms with Crippen molar-refractivity contribution in [2.75, 3.05) is 13.1 Å². The summed E-state index contributed by atoms with van der Waals surface area (Å²) in [6.07, 6.45) is 1.64. The number of nitrogens with one attached hydrogen (secondary N) is 1. The van der Waals surface area contributed by atoms with Crippen LogP contribution >= 0.6 is 0 Å². The van der Waals surface area contributed by atoms with Gasteiger partial charge in [-0.1, -0.05) is 6.92 Å². The number of amides is 2. The number of hydrogen-bond donors (Lipinski definition) is 2. The monoisotopic (exact) mass is 253 g/mol. The Bertz CT molecular complexity index is 458. The summed E-state index contributed by atoms with van der Waals surface area (Å²) in [6, 6.07) is -0.266. The summed E-state index contributed by atoms with van der Waals surface area (Å²) in [6.45, 7) is 3.29. The van der Waals surface area contributed by atoms with Crippen LogP contribution in [-0.4, -0.2) is 49.9 Å². The molecule has 0 aliphatic carbocycles. The Morgan fingerprint density at radius 1 is 1.56 bits per heavy atom. The highest BCUT2D eigenvalue weighted by Gasteiger charge is 2.22. The van der Waals surface area contributed by atoms with Crippen molar-refractivity contribution in [2.24, 2.45) is 5.92 Å². The van der Waals surface area contributed by atoms with Crippen LogP contribution < -0.4 is 5.32 Å². The molecule has 0 saturated heterocycles. The van der Waals surface area contributed by atoms with E-state index >= 15 is 0 Å². The van der Waals surface area contributed by atoms with Crippen molar-refractivity contribution in [1.82, 2.24) is 25.0 Å². The van der Waals surface area contributed by atoms with Gasteiger partial charge in [0.25, 0.3) is 0 Å². The van der Waals surface area contributed by atoms with Gasteiger partial charge >= 0.3 is 12.0 Å². The Labute approximate surface area is 104 Å². The number of nitrogens with zero attached hydrogens (tertiary/aromatic N) is 4. The van der Waals surface area contributed by atoms with Crippen LogP contribution in [0, 0.1) is 5.92 Å². The number of aromatic nitrogens is 3. The fourth-order valence-electron chi connectivity index (χ4n) is 1.68. The first-order chi connectivity index (χ1) is 8.58. The molecule has 18 heavy (non-hydrogen) atoms. The molecule has 2 heterocycles. The van der Waals surface area contributed by atoms with E-state index < -0.39 is 11.9 Å². The minimum atomic E-state index is -0.923. The van der Waals surface area contributed by atoms with Gasteiger partial charge in [-0.2, -0.15) is 0 Å². The van der Waals surface area contributed by atoms with E-state index in [0.717, 1.165) is 5.82 Å². The molecule has 0 fully saturated rings. The lowest BCUT2D eigenvalue weighted by Crippen LogP contribution is -2.45. The molecule has 8 heteroatoms. The average molecular weight is 253 g/mol. The lowest BCUT2D eigenvalue weighted by atomic mass is 10.2. The molecule has 0 bridgehead atoms. The van der Waals surface area contributed by atoms with Crippen molar-refractivity contribution in [2.45, 2.75) is 20.0 Å². The van der Waals surface area contributed by atoms with Gasteiger partial charge in [0.05, 0.1) is 12.5 Å². The van der Waals surface area contributed by atoms with E-state index in [-0.39, 0.29) is 12.6 Å². The quantitative estimate of drug-likeness (QED) is 0.758. The van der Waals surface area contributed by atoms with Crippen LogP contribution in [0.3, 0.4) is 0 Å². The lowest BCUT2D eigenvalue weighted by Gasteiger charge is -2.27. The van der Waals surface area contributed by atoms with Gasteiger partial charge in [0.2, 0.25) is 0 Å².